The highest BCUT2D eigenvalue weighted by atomic mass is 35.5. The lowest BCUT2D eigenvalue weighted by Gasteiger charge is -2.14. The zero-order valence-electron chi connectivity index (χ0n) is 15.5. The summed E-state index contributed by atoms with van der Waals surface area (Å²) in [6, 6.07) is 14.6. The third kappa shape index (κ3) is 7.29. The Morgan fingerprint density at radius 2 is 1.81 bits per heavy atom. The second-order valence-electron chi connectivity index (χ2n) is 5.73. The molecule has 0 aliphatic carbocycles. The molecule has 6 nitrogen and oxygen atoms in total. The van der Waals surface area contributed by atoms with Gasteiger partial charge >= 0.3 is 5.97 Å². The lowest BCUT2D eigenvalue weighted by Crippen LogP contribution is -2.16. The van der Waals surface area contributed by atoms with Gasteiger partial charge in [0.15, 0.2) is 0 Å². The number of carbonyl (C=O) groups is 2. The maximum absolute atomic E-state index is 12.2. The van der Waals surface area contributed by atoms with Crippen molar-refractivity contribution < 1.29 is 19.1 Å². The van der Waals surface area contributed by atoms with E-state index in [1.807, 2.05) is 37.4 Å². The smallest absolute Gasteiger partial charge is 0.337 e. The summed E-state index contributed by atoms with van der Waals surface area (Å²) in [5.41, 5.74) is 1.82. The molecular formula is C20H25ClN2O4. The Bertz CT molecular complexity index is 738. The van der Waals surface area contributed by atoms with Crippen molar-refractivity contribution in [1.82, 2.24) is 5.32 Å². The number of rotatable bonds is 9. The fourth-order valence-corrected chi connectivity index (χ4v) is 2.37. The molecule has 0 aromatic heterocycles. The molecule has 0 aliphatic rings. The molecule has 2 N–H and O–H groups in total. The maximum atomic E-state index is 12.2. The lowest BCUT2D eigenvalue weighted by atomic mass is 10.1. The van der Waals surface area contributed by atoms with Crippen LogP contribution in [0.1, 0.15) is 28.8 Å². The number of halogens is 1. The van der Waals surface area contributed by atoms with Gasteiger partial charge in [0.25, 0.3) is 0 Å². The fraction of sp³-hybridized carbons (Fsp3) is 0.300. The molecule has 0 aliphatic heterocycles. The normalized spacial score (nSPS) is 9.85. The Hall–Kier alpha value is -2.57. The fourth-order valence-electron chi connectivity index (χ4n) is 2.37. The first-order valence-electron chi connectivity index (χ1n) is 8.47. The number of benzene rings is 2. The van der Waals surface area contributed by atoms with Crippen LogP contribution in [0.15, 0.2) is 48.5 Å². The van der Waals surface area contributed by atoms with Gasteiger partial charge in [-0.15, -0.1) is 12.4 Å². The topological polar surface area (TPSA) is 76.7 Å². The number of hydrogen-bond acceptors (Lipinski definition) is 5. The first-order chi connectivity index (χ1) is 12.6. The number of esters is 1. The van der Waals surface area contributed by atoms with E-state index in [2.05, 4.69) is 10.6 Å². The van der Waals surface area contributed by atoms with E-state index in [-0.39, 0.29) is 18.3 Å². The average molecular weight is 393 g/mol. The van der Waals surface area contributed by atoms with Gasteiger partial charge in [-0.05, 0) is 43.8 Å². The molecule has 2 aromatic rings. The van der Waals surface area contributed by atoms with Crippen LogP contribution in [0, 0.1) is 0 Å². The maximum Gasteiger partial charge on any atom is 0.337 e. The second-order valence-corrected chi connectivity index (χ2v) is 5.73. The first kappa shape index (κ1) is 22.5. The van der Waals surface area contributed by atoms with Gasteiger partial charge < -0.3 is 20.1 Å². The number of anilines is 1. The minimum Gasteiger partial charge on any atom is -0.487 e. The zero-order valence-corrected chi connectivity index (χ0v) is 16.3. The predicted molar refractivity (Wildman–Crippen MR) is 108 cm³/mol. The van der Waals surface area contributed by atoms with Crippen molar-refractivity contribution in [2.45, 2.75) is 19.4 Å². The summed E-state index contributed by atoms with van der Waals surface area (Å²) >= 11 is 0. The highest BCUT2D eigenvalue weighted by Gasteiger charge is 2.13. The van der Waals surface area contributed by atoms with Crippen molar-refractivity contribution >= 4 is 30.0 Å². The molecule has 0 bridgehead atoms. The van der Waals surface area contributed by atoms with Crippen LogP contribution in [0.3, 0.4) is 0 Å². The number of methoxy groups -OCH3 is 1. The molecule has 146 valence electrons. The van der Waals surface area contributed by atoms with E-state index in [9.17, 15) is 9.59 Å². The highest BCUT2D eigenvalue weighted by molar-refractivity contribution is 5.96. The van der Waals surface area contributed by atoms with Gasteiger partial charge in [-0.3, -0.25) is 4.79 Å². The SMILES string of the molecule is CNCCCC(=O)Nc1cc(C(=O)OC)ccc1OCc1ccccc1.Cl. The van der Waals surface area contributed by atoms with Gasteiger partial charge in [-0.1, -0.05) is 30.3 Å². The number of hydrogen-bond donors (Lipinski definition) is 2. The third-order valence-corrected chi connectivity index (χ3v) is 3.74. The zero-order chi connectivity index (χ0) is 18.8. The minimum atomic E-state index is -0.467. The lowest BCUT2D eigenvalue weighted by molar-refractivity contribution is -0.116. The quantitative estimate of drug-likeness (QED) is 0.505. The van der Waals surface area contributed by atoms with Crippen LogP contribution in [0.4, 0.5) is 5.69 Å². The molecule has 0 heterocycles. The van der Waals surface area contributed by atoms with E-state index >= 15 is 0 Å². The number of amides is 1. The predicted octanol–water partition coefficient (Wildman–Crippen LogP) is 3.41. The highest BCUT2D eigenvalue weighted by Crippen LogP contribution is 2.27. The minimum absolute atomic E-state index is 0. The second kappa shape index (κ2) is 11.9. The monoisotopic (exact) mass is 392 g/mol. The molecule has 7 heteroatoms. The molecule has 0 saturated heterocycles. The number of nitrogens with one attached hydrogen (secondary N) is 2. The molecule has 0 radical (unpaired) electrons. The van der Waals surface area contributed by atoms with E-state index in [1.54, 1.807) is 18.2 Å². The van der Waals surface area contributed by atoms with Crippen molar-refractivity contribution in [3.05, 3.63) is 59.7 Å². The van der Waals surface area contributed by atoms with Gasteiger partial charge in [0.05, 0.1) is 18.4 Å². The van der Waals surface area contributed by atoms with Gasteiger partial charge in [0, 0.05) is 6.42 Å². The van der Waals surface area contributed by atoms with E-state index in [1.165, 1.54) is 7.11 Å². The summed E-state index contributed by atoms with van der Waals surface area (Å²) in [7, 11) is 3.16. The molecule has 27 heavy (non-hydrogen) atoms. The molecule has 0 atom stereocenters. The largest absolute Gasteiger partial charge is 0.487 e. The molecular weight excluding hydrogens is 368 g/mol. The Morgan fingerprint density at radius 1 is 1.07 bits per heavy atom. The number of ether oxygens (including phenoxy) is 2. The summed E-state index contributed by atoms with van der Waals surface area (Å²) < 4.78 is 10.6. The number of carbonyl (C=O) groups excluding carboxylic acids is 2. The average Bonchev–Trinajstić information content (AvgIpc) is 2.67. The van der Waals surface area contributed by atoms with Crippen LogP contribution in [0.25, 0.3) is 0 Å². The molecule has 0 fully saturated rings. The van der Waals surface area contributed by atoms with E-state index in [0.29, 0.717) is 30.0 Å². The van der Waals surface area contributed by atoms with Gasteiger partial charge in [0.2, 0.25) is 5.91 Å². The van der Waals surface area contributed by atoms with Crippen molar-refractivity contribution in [2.24, 2.45) is 0 Å². The molecule has 0 spiro atoms. The van der Waals surface area contributed by atoms with Crippen molar-refractivity contribution in [1.29, 1.82) is 0 Å². The standard InChI is InChI=1S/C20H24N2O4.ClH/c1-21-12-6-9-19(23)22-17-13-16(20(24)25-2)10-11-18(17)26-14-15-7-4-3-5-8-15;/h3-5,7-8,10-11,13,21H,6,9,12,14H2,1-2H3,(H,22,23);1H. The van der Waals surface area contributed by atoms with E-state index in [0.717, 1.165) is 18.5 Å². The van der Waals surface area contributed by atoms with Crippen molar-refractivity contribution in [2.75, 3.05) is 26.0 Å². The van der Waals surface area contributed by atoms with Gasteiger partial charge in [-0.25, -0.2) is 4.79 Å². The van der Waals surface area contributed by atoms with Gasteiger partial charge in [0.1, 0.15) is 12.4 Å². The van der Waals surface area contributed by atoms with Crippen molar-refractivity contribution in [3.63, 3.8) is 0 Å². The van der Waals surface area contributed by atoms with E-state index < -0.39 is 5.97 Å². The van der Waals surface area contributed by atoms with Crippen LogP contribution >= 0.6 is 12.4 Å². The van der Waals surface area contributed by atoms with Crippen molar-refractivity contribution in [3.8, 4) is 5.75 Å². The van der Waals surface area contributed by atoms with Crippen LogP contribution in [-0.2, 0) is 16.1 Å². The Morgan fingerprint density at radius 3 is 2.48 bits per heavy atom. The third-order valence-electron chi connectivity index (χ3n) is 3.74. The molecule has 2 rings (SSSR count). The Labute approximate surface area is 165 Å². The molecule has 1 amide bonds. The Kier molecular flexibility index (Phi) is 9.93. The molecule has 2 aromatic carbocycles. The summed E-state index contributed by atoms with van der Waals surface area (Å²) in [4.78, 5) is 23.9. The molecule has 0 saturated carbocycles. The van der Waals surface area contributed by atoms with Crippen LogP contribution in [-0.4, -0.2) is 32.6 Å². The van der Waals surface area contributed by atoms with Crippen LogP contribution in [0.5, 0.6) is 5.75 Å². The Balaban J connectivity index is 0.00000364. The van der Waals surface area contributed by atoms with Crippen LogP contribution < -0.4 is 15.4 Å². The first-order valence-corrected chi connectivity index (χ1v) is 8.47. The summed E-state index contributed by atoms with van der Waals surface area (Å²) in [5, 5.41) is 5.83. The van der Waals surface area contributed by atoms with Crippen LogP contribution in [0.2, 0.25) is 0 Å². The summed E-state index contributed by atoms with van der Waals surface area (Å²) in [5.74, 6) is -0.0967. The summed E-state index contributed by atoms with van der Waals surface area (Å²) in [6.07, 6.45) is 1.10. The molecule has 0 unspecified atom stereocenters. The van der Waals surface area contributed by atoms with E-state index in [4.69, 9.17) is 9.47 Å². The summed E-state index contributed by atoms with van der Waals surface area (Å²) in [6.45, 7) is 1.12. The van der Waals surface area contributed by atoms with Gasteiger partial charge in [-0.2, -0.15) is 0 Å².